The normalized spacial score (nSPS) is 11.3. The molecule has 1 N–H and O–H groups in total. The lowest BCUT2D eigenvalue weighted by Crippen LogP contribution is -2.24. The minimum absolute atomic E-state index is 0.0553. The molecule has 0 unspecified atom stereocenters. The summed E-state index contributed by atoms with van der Waals surface area (Å²) in [6, 6.07) is 15.8. The minimum atomic E-state index is -0.627. The van der Waals surface area contributed by atoms with Crippen LogP contribution in [0, 0.1) is 13.8 Å². The van der Waals surface area contributed by atoms with Gasteiger partial charge in [-0.2, -0.15) is 0 Å². The monoisotopic (exact) mass is 421 g/mol. The lowest BCUT2D eigenvalue weighted by molar-refractivity contribution is 0.00684. The molecular formula is C25H27NO5. The van der Waals surface area contributed by atoms with Crippen LogP contribution in [-0.2, 0) is 16.1 Å². The Labute approximate surface area is 182 Å². The molecule has 31 heavy (non-hydrogen) atoms. The predicted octanol–water partition coefficient (Wildman–Crippen LogP) is 5.11. The SMILES string of the molecule is Cc1cc(C(=O)OC(C)(C)C)c(C)n1-c1ccc(O)c(C(=O)OCc2ccccc2)c1. The summed E-state index contributed by atoms with van der Waals surface area (Å²) in [6.07, 6.45) is 0. The van der Waals surface area contributed by atoms with Crippen molar-refractivity contribution in [3.05, 3.63) is 82.7 Å². The number of hydrogen-bond donors (Lipinski definition) is 1. The van der Waals surface area contributed by atoms with Gasteiger partial charge in [0.05, 0.1) is 5.56 Å². The van der Waals surface area contributed by atoms with E-state index in [2.05, 4.69) is 0 Å². The topological polar surface area (TPSA) is 77.8 Å². The maximum absolute atomic E-state index is 12.6. The molecule has 6 heteroatoms. The third-order valence-electron chi connectivity index (χ3n) is 4.72. The van der Waals surface area contributed by atoms with Gasteiger partial charge in [-0.3, -0.25) is 0 Å². The number of nitrogens with zero attached hydrogens (tertiary/aromatic N) is 1. The summed E-state index contributed by atoms with van der Waals surface area (Å²) in [5.74, 6) is -1.21. The number of ether oxygens (including phenoxy) is 2. The van der Waals surface area contributed by atoms with Gasteiger partial charge in [0.25, 0.3) is 0 Å². The van der Waals surface area contributed by atoms with Gasteiger partial charge in [0.15, 0.2) is 0 Å². The summed E-state index contributed by atoms with van der Waals surface area (Å²) >= 11 is 0. The number of hydrogen-bond acceptors (Lipinski definition) is 5. The number of carbonyl (C=O) groups excluding carboxylic acids is 2. The molecular weight excluding hydrogens is 394 g/mol. The van der Waals surface area contributed by atoms with Gasteiger partial charge < -0.3 is 19.1 Å². The largest absolute Gasteiger partial charge is 0.507 e. The highest BCUT2D eigenvalue weighted by Gasteiger charge is 2.23. The molecule has 1 aromatic heterocycles. The van der Waals surface area contributed by atoms with E-state index in [-0.39, 0.29) is 17.9 Å². The number of esters is 2. The molecule has 0 bridgehead atoms. The fourth-order valence-corrected chi connectivity index (χ4v) is 3.33. The number of carbonyl (C=O) groups is 2. The Morgan fingerprint density at radius 1 is 0.935 bits per heavy atom. The van der Waals surface area contributed by atoms with Gasteiger partial charge in [-0.25, -0.2) is 9.59 Å². The van der Waals surface area contributed by atoms with Crippen LogP contribution >= 0.6 is 0 Å². The Morgan fingerprint density at radius 3 is 2.26 bits per heavy atom. The molecule has 0 aliphatic rings. The minimum Gasteiger partial charge on any atom is -0.507 e. The fraction of sp³-hybridized carbons (Fsp3) is 0.280. The van der Waals surface area contributed by atoms with Crippen LogP contribution in [0.5, 0.6) is 5.75 Å². The van der Waals surface area contributed by atoms with Crippen LogP contribution in [-0.4, -0.2) is 27.2 Å². The fourth-order valence-electron chi connectivity index (χ4n) is 3.33. The zero-order valence-electron chi connectivity index (χ0n) is 18.4. The average Bonchev–Trinajstić information content (AvgIpc) is 3.00. The van der Waals surface area contributed by atoms with Crippen LogP contribution in [0.2, 0.25) is 0 Å². The maximum Gasteiger partial charge on any atom is 0.342 e. The molecule has 0 aliphatic carbocycles. The van der Waals surface area contributed by atoms with Gasteiger partial charge >= 0.3 is 11.9 Å². The molecule has 0 fully saturated rings. The van der Waals surface area contributed by atoms with Gasteiger partial charge in [-0.05, 0) is 64.4 Å². The Hall–Kier alpha value is -3.54. The quantitative estimate of drug-likeness (QED) is 0.579. The van der Waals surface area contributed by atoms with Gasteiger partial charge in [0.1, 0.15) is 23.5 Å². The molecule has 1 heterocycles. The van der Waals surface area contributed by atoms with Crippen molar-refractivity contribution >= 4 is 11.9 Å². The number of aromatic nitrogens is 1. The van der Waals surface area contributed by atoms with Gasteiger partial charge in [-0.15, -0.1) is 0 Å². The lowest BCUT2D eigenvalue weighted by Gasteiger charge is -2.19. The van der Waals surface area contributed by atoms with Crippen molar-refractivity contribution in [2.24, 2.45) is 0 Å². The van der Waals surface area contributed by atoms with Crippen LogP contribution in [0.15, 0.2) is 54.6 Å². The first-order valence-corrected chi connectivity index (χ1v) is 10.0. The average molecular weight is 421 g/mol. The molecule has 6 nitrogen and oxygen atoms in total. The van der Waals surface area contributed by atoms with Crippen molar-refractivity contribution in [2.75, 3.05) is 0 Å². The summed E-state index contributed by atoms with van der Waals surface area (Å²) in [4.78, 5) is 25.2. The molecule has 3 aromatic rings. The van der Waals surface area contributed by atoms with Crippen molar-refractivity contribution in [1.82, 2.24) is 4.57 Å². The molecule has 2 aromatic carbocycles. The van der Waals surface area contributed by atoms with Gasteiger partial charge in [0, 0.05) is 17.1 Å². The van der Waals surface area contributed by atoms with E-state index in [1.54, 1.807) is 18.2 Å². The standard InChI is InChI=1S/C25H27NO5/c1-16-13-20(24(29)31-25(3,4)5)17(2)26(16)19-11-12-22(27)21(14-19)23(28)30-15-18-9-7-6-8-10-18/h6-14,27H,15H2,1-5H3. The second-order valence-electron chi connectivity index (χ2n) is 8.39. The summed E-state index contributed by atoms with van der Waals surface area (Å²) in [6.45, 7) is 9.23. The van der Waals surface area contributed by atoms with Crippen LogP contribution < -0.4 is 0 Å². The highest BCUT2D eigenvalue weighted by Crippen LogP contribution is 2.27. The summed E-state index contributed by atoms with van der Waals surface area (Å²) in [7, 11) is 0. The number of aryl methyl sites for hydroxylation is 1. The Kier molecular flexibility index (Phi) is 6.20. The first-order chi connectivity index (χ1) is 14.6. The zero-order valence-corrected chi connectivity index (χ0v) is 18.4. The third kappa shape index (κ3) is 5.15. The van der Waals surface area contributed by atoms with Gasteiger partial charge in [-0.1, -0.05) is 30.3 Å². The predicted molar refractivity (Wildman–Crippen MR) is 118 cm³/mol. The molecule has 162 valence electrons. The summed E-state index contributed by atoms with van der Waals surface area (Å²) in [5, 5.41) is 10.2. The molecule has 0 amide bonds. The maximum atomic E-state index is 12.6. The second-order valence-corrected chi connectivity index (χ2v) is 8.39. The molecule has 3 rings (SSSR count). The molecule has 0 saturated carbocycles. The van der Waals surface area contributed by atoms with Crippen molar-refractivity contribution in [3.63, 3.8) is 0 Å². The van der Waals surface area contributed by atoms with Crippen molar-refractivity contribution in [3.8, 4) is 11.4 Å². The van der Waals surface area contributed by atoms with E-state index in [0.717, 1.165) is 11.3 Å². The number of benzene rings is 2. The van der Waals surface area contributed by atoms with Crippen LogP contribution in [0.1, 0.15) is 58.4 Å². The van der Waals surface area contributed by atoms with Crippen LogP contribution in [0.25, 0.3) is 5.69 Å². The molecule has 0 atom stereocenters. The second kappa shape index (κ2) is 8.68. The third-order valence-corrected chi connectivity index (χ3v) is 4.72. The van der Waals surface area contributed by atoms with E-state index < -0.39 is 17.5 Å². The smallest absolute Gasteiger partial charge is 0.342 e. The van der Waals surface area contributed by atoms with E-state index in [1.807, 2.05) is 69.5 Å². The highest BCUT2D eigenvalue weighted by atomic mass is 16.6. The number of phenols is 1. The number of phenolic OH excluding ortho intramolecular Hbond substituents is 1. The van der Waals surface area contributed by atoms with Crippen molar-refractivity contribution in [2.45, 2.75) is 46.8 Å². The first-order valence-electron chi connectivity index (χ1n) is 10.0. The van der Waals surface area contributed by atoms with Crippen molar-refractivity contribution in [1.29, 1.82) is 0 Å². The summed E-state index contributed by atoms with van der Waals surface area (Å²) in [5.41, 5.74) is 2.87. The Bertz CT molecular complexity index is 1110. The number of aromatic hydroxyl groups is 1. The van der Waals surface area contributed by atoms with Crippen LogP contribution in [0.4, 0.5) is 0 Å². The van der Waals surface area contributed by atoms with E-state index in [1.165, 1.54) is 6.07 Å². The number of rotatable bonds is 5. The van der Waals surface area contributed by atoms with Gasteiger partial charge in [0.2, 0.25) is 0 Å². The van der Waals surface area contributed by atoms with Crippen LogP contribution in [0.3, 0.4) is 0 Å². The molecule has 0 aliphatic heterocycles. The van der Waals surface area contributed by atoms with E-state index in [4.69, 9.17) is 9.47 Å². The van der Waals surface area contributed by atoms with E-state index >= 15 is 0 Å². The lowest BCUT2D eigenvalue weighted by atomic mass is 10.1. The first kappa shape index (κ1) is 22.2. The zero-order chi connectivity index (χ0) is 22.8. The Morgan fingerprint density at radius 2 is 1.61 bits per heavy atom. The van der Waals surface area contributed by atoms with E-state index in [9.17, 15) is 14.7 Å². The summed E-state index contributed by atoms with van der Waals surface area (Å²) < 4.78 is 12.7. The highest BCUT2D eigenvalue weighted by molar-refractivity contribution is 5.94. The molecule has 0 saturated heterocycles. The van der Waals surface area contributed by atoms with Crippen molar-refractivity contribution < 1.29 is 24.2 Å². The van der Waals surface area contributed by atoms with E-state index in [0.29, 0.717) is 16.9 Å². The molecule has 0 spiro atoms. The molecule has 0 radical (unpaired) electrons. The Balaban J connectivity index is 1.89.